The molecule has 8 nitrogen and oxygen atoms in total. The summed E-state index contributed by atoms with van der Waals surface area (Å²) in [6.45, 7) is 4.02. The minimum atomic E-state index is -0.311. The first-order chi connectivity index (χ1) is 9.67. The van der Waals surface area contributed by atoms with E-state index in [2.05, 4.69) is 20.9 Å². The SMILES string of the molecule is COCCNC(=O)C(C)NCc1cn(CCCO)nn1. The first-order valence-corrected chi connectivity index (χ1v) is 6.67. The Balaban J connectivity index is 2.27. The van der Waals surface area contributed by atoms with E-state index in [1.54, 1.807) is 24.9 Å². The van der Waals surface area contributed by atoms with Crippen LogP contribution in [0, 0.1) is 0 Å². The number of hydrogen-bond acceptors (Lipinski definition) is 6. The Bertz CT molecular complexity index is 396. The molecule has 0 aliphatic rings. The number of aromatic nitrogens is 3. The molecule has 0 spiro atoms. The zero-order chi connectivity index (χ0) is 14.8. The molecular weight excluding hydrogens is 262 g/mol. The summed E-state index contributed by atoms with van der Waals surface area (Å²) < 4.78 is 6.54. The number of aliphatic hydroxyl groups is 1. The predicted molar refractivity (Wildman–Crippen MR) is 72.9 cm³/mol. The molecule has 1 rings (SSSR count). The monoisotopic (exact) mass is 285 g/mol. The highest BCUT2D eigenvalue weighted by Crippen LogP contribution is 1.95. The van der Waals surface area contributed by atoms with Crippen LogP contribution in [0.25, 0.3) is 0 Å². The summed E-state index contributed by atoms with van der Waals surface area (Å²) >= 11 is 0. The lowest BCUT2D eigenvalue weighted by Crippen LogP contribution is -2.42. The molecule has 0 fully saturated rings. The van der Waals surface area contributed by atoms with Crippen LogP contribution in [-0.2, 0) is 22.6 Å². The van der Waals surface area contributed by atoms with E-state index in [1.165, 1.54) is 0 Å². The van der Waals surface area contributed by atoms with Crippen molar-refractivity contribution < 1.29 is 14.6 Å². The maximum atomic E-state index is 11.7. The van der Waals surface area contributed by atoms with Gasteiger partial charge in [0.1, 0.15) is 0 Å². The van der Waals surface area contributed by atoms with E-state index in [0.717, 1.165) is 5.69 Å². The van der Waals surface area contributed by atoms with Crippen LogP contribution in [-0.4, -0.2) is 58.9 Å². The Labute approximate surface area is 118 Å². The van der Waals surface area contributed by atoms with E-state index in [4.69, 9.17) is 9.84 Å². The van der Waals surface area contributed by atoms with E-state index in [9.17, 15) is 4.79 Å². The Kier molecular flexibility index (Phi) is 7.78. The van der Waals surface area contributed by atoms with Crippen molar-refractivity contribution in [2.45, 2.75) is 32.5 Å². The first-order valence-electron chi connectivity index (χ1n) is 6.67. The molecule has 0 aliphatic carbocycles. The number of aliphatic hydroxyl groups excluding tert-OH is 1. The molecule has 20 heavy (non-hydrogen) atoms. The standard InChI is InChI=1S/C12H23N5O3/c1-10(12(19)13-4-7-20-2)14-8-11-9-17(16-15-11)5-3-6-18/h9-10,14,18H,3-8H2,1-2H3,(H,13,19). The van der Waals surface area contributed by atoms with Gasteiger partial charge in [-0.2, -0.15) is 0 Å². The Morgan fingerprint density at radius 1 is 1.60 bits per heavy atom. The fourth-order valence-electron chi connectivity index (χ4n) is 1.54. The Morgan fingerprint density at radius 2 is 2.40 bits per heavy atom. The molecule has 1 unspecified atom stereocenters. The number of carbonyl (C=O) groups excluding carboxylic acids is 1. The summed E-state index contributed by atoms with van der Waals surface area (Å²) in [5, 5.41) is 22.5. The average Bonchev–Trinajstić information content (AvgIpc) is 2.90. The van der Waals surface area contributed by atoms with Gasteiger partial charge < -0.3 is 20.5 Å². The molecule has 0 aliphatic heterocycles. The molecule has 0 radical (unpaired) electrons. The number of methoxy groups -OCH3 is 1. The van der Waals surface area contributed by atoms with Crippen LogP contribution in [0.5, 0.6) is 0 Å². The van der Waals surface area contributed by atoms with E-state index in [-0.39, 0.29) is 18.6 Å². The van der Waals surface area contributed by atoms with Crippen LogP contribution >= 0.6 is 0 Å². The van der Waals surface area contributed by atoms with Crippen LogP contribution in [0.1, 0.15) is 19.0 Å². The van der Waals surface area contributed by atoms with Crippen molar-refractivity contribution in [3.05, 3.63) is 11.9 Å². The van der Waals surface area contributed by atoms with Crippen LogP contribution in [0.3, 0.4) is 0 Å². The van der Waals surface area contributed by atoms with Gasteiger partial charge in [0.2, 0.25) is 5.91 Å². The number of aryl methyl sites for hydroxylation is 1. The second-order valence-electron chi connectivity index (χ2n) is 4.44. The predicted octanol–water partition coefficient (Wildman–Crippen LogP) is -1.10. The molecule has 8 heteroatoms. The largest absolute Gasteiger partial charge is 0.396 e. The molecule has 0 bridgehead atoms. The molecule has 1 aromatic heterocycles. The van der Waals surface area contributed by atoms with Gasteiger partial charge in [-0.25, -0.2) is 0 Å². The number of nitrogens with one attached hydrogen (secondary N) is 2. The highest BCUT2D eigenvalue weighted by atomic mass is 16.5. The van der Waals surface area contributed by atoms with Gasteiger partial charge in [-0.1, -0.05) is 5.21 Å². The lowest BCUT2D eigenvalue weighted by Gasteiger charge is -2.12. The van der Waals surface area contributed by atoms with Crippen molar-refractivity contribution in [2.24, 2.45) is 0 Å². The summed E-state index contributed by atoms with van der Waals surface area (Å²) in [4.78, 5) is 11.7. The Hall–Kier alpha value is -1.51. The lowest BCUT2D eigenvalue weighted by atomic mass is 10.3. The lowest BCUT2D eigenvalue weighted by molar-refractivity contribution is -0.123. The van der Waals surface area contributed by atoms with Crippen molar-refractivity contribution in [3.63, 3.8) is 0 Å². The molecule has 0 saturated heterocycles. The van der Waals surface area contributed by atoms with Crippen molar-refractivity contribution >= 4 is 5.91 Å². The summed E-state index contributed by atoms with van der Waals surface area (Å²) in [6, 6.07) is -0.311. The van der Waals surface area contributed by atoms with Crippen molar-refractivity contribution in [1.82, 2.24) is 25.6 Å². The third-order valence-corrected chi connectivity index (χ3v) is 2.72. The third-order valence-electron chi connectivity index (χ3n) is 2.72. The number of ether oxygens (including phenoxy) is 1. The van der Waals surface area contributed by atoms with Crippen LogP contribution in [0.4, 0.5) is 0 Å². The quantitative estimate of drug-likeness (QED) is 0.472. The minimum Gasteiger partial charge on any atom is -0.396 e. The fraction of sp³-hybridized carbons (Fsp3) is 0.750. The Morgan fingerprint density at radius 3 is 3.10 bits per heavy atom. The van der Waals surface area contributed by atoms with E-state index in [0.29, 0.717) is 32.7 Å². The van der Waals surface area contributed by atoms with Gasteiger partial charge in [-0.05, 0) is 13.3 Å². The normalized spacial score (nSPS) is 12.3. The second kappa shape index (κ2) is 9.40. The van der Waals surface area contributed by atoms with Gasteiger partial charge in [0.25, 0.3) is 0 Å². The molecule has 3 N–H and O–H groups in total. The van der Waals surface area contributed by atoms with E-state index in [1.807, 2.05) is 0 Å². The smallest absolute Gasteiger partial charge is 0.236 e. The topological polar surface area (TPSA) is 101 Å². The van der Waals surface area contributed by atoms with Crippen LogP contribution < -0.4 is 10.6 Å². The average molecular weight is 285 g/mol. The first kappa shape index (κ1) is 16.5. The molecule has 1 heterocycles. The number of nitrogens with zero attached hydrogens (tertiary/aromatic N) is 3. The van der Waals surface area contributed by atoms with Gasteiger partial charge in [0.05, 0.1) is 18.3 Å². The van der Waals surface area contributed by atoms with Gasteiger partial charge in [0, 0.05) is 39.5 Å². The molecule has 114 valence electrons. The van der Waals surface area contributed by atoms with Crippen molar-refractivity contribution in [1.29, 1.82) is 0 Å². The highest BCUT2D eigenvalue weighted by Gasteiger charge is 2.12. The molecule has 0 aromatic carbocycles. The van der Waals surface area contributed by atoms with Gasteiger partial charge in [-0.15, -0.1) is 5.10 Å². The zero-order valence-corrected chi connectivity index (χ0v) is 12.0. The number of hydrogen-bond donors (Lipinski definition) is 3. The number of amides is 1. The highest BCUT2D eigenvalue weighted by molar-refractivity contribution is 5.81. The minimum absolute atomic E-state index is 0.0743. The molecular formula is C12H23N5O3. The summed E-state index contributed by atoms with van der Waals surface area (Å²) in [7, 11) is 1.59. The molecule has 0 saturated carbocycles. The number of rotatable bonds is 10. The van der Waals surface area contributed by atoms with Crippen LogP contribution in [0.2, 0.25) is 0 Å². The molecule has 1 amide bonds. The van der Waals surface area contributed by atoms with E-state index >= 15 is 0 Å². The maximum absolute atomic E-state index is 11.7. The van der Waals surface area contributed by atoms with E-state index < -0.39 is 0 Å². The molecule has 1 atom stereocenters. The second-order valence-corrected chi connectivity index (χ2v) is 4.44. The van der Waals surface area contributed by atoms with Gasteiger partial charge in [0.15, 0.2) is 0 Å². The fourth-order valence-corrected chi connectivity index (χ4v) is 1.54. The third kappa shape index (κ3) is 6.09. The maximum Gasteiger partial charge on any atom is 0.236 e. The van der Waals surface area contributed by atoms with Crippen LogP contribution in [0.15, 0.2) is 6.20 Å². The molecule has 1 aromatic rings. The van der Waals surface area contributed by atoms with Gasteiger partial charge in [-0.3, -0.25) is 9.48 Å². The van der Waals surface area contributed by atoms with Crippen molar-refractivity contribution in [2.75, 3.05) is 26.9 Å². The summed E-state index contributed by atoms with van der Waals surface area (Å²) in [5.41, 5.74) is 0.763. The van der Waals surface area contributed by atoms with Crippen molar-refractivity contribution in [3.8, 4) is 0 Å². The number of carbonyl (C=O) groups is 1. The summed E-state index contributed by atoms with van der Waals surface area (Å²) in [6.07, 6.45) is 2.45. The van der Waals surface area contributed by atoms with Gasteiger partial charge >= 0.3 is 0 Å². The summed E-state index contributed by atoms with van der Waals surface area (Å²) in [5.74, 6) is -0.0743. The zero-order valence-electron chi connectivity index (χ0n) is 12.0.